The highest BCUT2D eigenvalue weighted by Gasteiger charge is 2.31. The highest BCUT2D eigenvalue weighted by Crippen LogP contribution is 2.36. The molecule has 1 unspecified atom stereocenters. The lowest BCUT2D eigenvalue weighted by Gasteiger charge is -2.36. The third kappa shape index (κ3) is 6.13. The highest BCUT2D eigenvalue weighted by molar-refractivity contribution is 7.13. The monoisotopic (exact) mass is 534 g/mol. The third-order valence-electron chi connectivity index (χ3n) is 7.86. The third-order valence-corrected chi connectivity index (χ3v) is 8.65. The maximum absolute atomic E-state index is 12.4. The van der Waals surface area contributed by atoms with Gasteiger partial charge in [-0.15, -0.1) is 11.3 Å². The first-order valence-corrected chi connectivity index (χ1v) is 14.6. The van der Waals surface area contributed by atoms with Crippen LogP contribution in [0.15, 0.2) is 45.1 Å². The molecule has 5 heterocycles. The van der Waals surface area contributed by atoms with Gasteiger partial charge < -0.3 is 20.4 Å². The van der Waals surface area contributed by atoms with Crippen molar-refractivity contribution in [3.63, 3.8) is 0 Å². The minimum absolute atomic E-state index is 0.0632. The predicted octanol–water partition coefficient (Wildman–Crippen LogP) is 3.99. The average molecular weight is 535 g/mol. The summed E-state index contributed by atoms with van der Waals surface area (Å²) < 4.78 is 0. The molecule has 0 saturated carbocycles. The zero-order valence-corrected chi connectivity index (χ0v) is 23.1. The van der Waals surface area contributed by atoms with Crippen LogP contribution in [0, 0.1) is 5.92 Å². The Morgan fingerprint density at radius 3 is 2.82 bits per heavy atom. The Bertz CT molecular complexity index is 1160. The molecule has 0 spiro atoms. The van der Waals surface area contributed by atoms with Crippen molar-refractivity contribution in [2.45, 2.75) is 44.9 Å². The number of likely N-dealkylation sites (tertiary alicyclic amines) is 2. The van der Waals surface area contributed by atoms with E-state index in [0.717, 1.165) is 78.9 Å². The Morgan fingerprint density at radius 1 is 1.26 bits per heavy atom. The number of anilines is 1. The molecule has 0 radical (unpaired) electrons. The van der Waals surface area contributed by atoms with E-state index in [-0.39, 0.29) is 11.8 Å². The quantitative estimate of drug-likeness (QED) is 0.373. The van der Waals surface area contributed by atoms with Gasteiger partial charge in [0.25, 0.3) is 0 Å². The summed E-state index contributed by atoms with van der Waals surface area (Å²) in [6, 6.07) is 4.27. The fourth-order valence-electron chi connectivity index (χ4n) is 5.74. The highest BCUT2D eigenvalue weighted by atomic mass is 32.1. The van der Waals surface area contributed by atoms with Gasteiger partial charge in [-0.3, -0.25) is 9.79 Å². The van der Waals surface area contributed by atoms with E-state index in [4.69, 9.17) is 4.98 Å². The number of nitrogens with one attached hydrogen (secondary N) is 2. The van der Waals surface area contributed by atoms with E-state index in [2.05, 4.69) is 54.3 Å². The summed E-state index contributed by atoms with van der Waals surface area (Å²) in [6.45, 7) is 12.3. The molecule has 3 fully saturated rings. The number of piperidine rings is 2. The van der Waals surface area contributed by atoms with Crippen LogP contribution in [0.1, 0.15) is 50.6 Å². The molecule has 10 heteroatoms. The van der Waals surface area contributed by atoms with Crippen molar-refractivity contribution in [1.82, 2.24) is 25.1 Å². The number of rotatable bonds is 9. The molecule has 2 aromatic rings. The lowest BCUT2D eigenvalue weighted by Crippen LogP contribution is -2.40. The van der Waals surface area contributed by atoms with Crippen molar-refractivity contribution >= 4 is 36.0 Å². The summed E-state index contributed by atoms with van der Waals surface area (Å²) >= 11 is 1.62. The van der Waals surface area contributed by atoms with E-state index >= 15 is 0 Å². The Labute approximate surface area is 229 Å². The second-order valence-corrected chi connectivity index (χ2v) is 11.1. The molecule has 202 valence electrons. The number of aromatic nitrogens is 2. The smallest absolute Gasteiger partial charge is 0.227 e. The van der Waals surface area contributed by atoms with Crippen LogP contribution < -0.4 is 10.6 Å². The number of amides is 1. The molecule has 1 atom stereocenters. The zero-order valence-electron chi connectivity index (χ0n) is 22.2. The van der Waals surface area contributed by atoms with Gasteiger partial charge in [0.2, 0.25) is 5.91 Å². The molecule has 2 aromatic heterocycles. The number of aliphatic imine (C=N–C) groups is 2. The van der Waals surface area contributed by atoms with Gasteiger partial charge in [0.1, 0.15) is 17.2 Å². The fourth-order valence-corrected chi connectivity index (χ4v) is 6.35. The molecule has 1 amide bonds. The second kappa shape index (κ2) is 12.6. The van der Waals surface area contributed by atoms with Gasteiger partial charge in [-0.1, -0.05) is 0 Å². The first kappa shape index (κ1) is 26.5. The molecule has 3 saturated heterocycles. The van der Waals surface area contributed by atoms with E-state index in [0.29, 0.717) is 12.5 Å². The summed E-state index contributed by atoms with van der Waals surface area (Å²) in [4.78, 5) is 35.4. The standard InChI is InChI=1S/C28H38N8OS/c1-20-22(7-10-31-27(20)37)26(33-19-29-2)36-15-8-21(9-16-36)25-23(30-11-17-35-13-3-4-14-35)5-6-24(34-25)28-32-12-18-38-28/h5-6,12,18-21,30H,2-4,7-11,13-17H2,1H3,(H,31,37)/b26-22-,33-19-. The van der Waals surface area contributed by atoms with Crippen LogP contribution in [0.4, 0.5) is 5.69 Å². The molecule has 5 rings (SSSR count). The van der Waals surface area contributed by atoms with Crippen molar-refractivity contribution in [2.24, 2.45) is 15.9 Å². The van der Waals surface area contributed by atoms with Crippen LogP contribution >= 0.6 is 11.3 Å². The Hall–Kier alpha value is -3.11. The van der Waals surface area contributed by atoms with Crippen LogP contribution in [-0.2, 0) is 4.79 Å². The Balaban J connectivity index is 1.34. The van der Waals surface area contributed by atoms with Gasteiger partial charge in [0.05, 0.1) is 23.0 Å². The Morgan fingerprint density at radius 2 is 2.08 bits per heavy atom. The number of hydrogen-bond donors (Lipinski definition) is 2. The van der Waals surface area contributed by atoms with Crippen molar-refractivity contribution < 1.29 is 4.79 Å². The van der Waals surface area contributed by atoms with Gasteiger partial charge in [-0.05, 0) is 76.5 Å². The Kier molecular flexibility index (Phi) is 8.80. The van der Waals surface area contributed by atoms with E-state index in [1.54, 1.807) is 11.3 Å². The van der Waals surface area contributed by atoms with E-state index in [1.807, 2.05) is 18.5 Å². The predicted molar refractivity (Wildman–Crippen MR) is 155 cm³/mol. The van der Waals surface area contributed by atoms with Crippen LogP contribution in [0.25, 0.3) is 10.7 Å². The van der Waals surface area contributed by atoms with Crippen molar-refractivity contribution in [3.05, 3.63) is 40.8 Å². The number of hydrogen-bond acceptors (Lipinski definition) is 8. The molecule has 0 aliphatic carbocycles. The zero-order chi connectivity index (χ0) is 26.3. The lowest BCUT2D eigenvalue weighted by atomic mass is 9.90. The SMILES string of the molecule is C=N/C=N\C(=C1/CCNC(=O)C1C)N1CCC(c2nc(-c3nccs3)ccc2NCCN2CCCC2)CC1. The average Bonchev–Trinajstić information content (AvgIpc) is 3.67. The second-order valence-electron chi connectivity index (χ2n) is 10.2. The fraction of sp³-hybridized carbons (Fsp3) is 0.536. The summed E-state index contributed by atoms with van der Waals surface area (Å²) in [5, 5.41) is 9.61. The van der Waals surface area contributed by atoms with E-state index in [1.165, 1.54) is 32.3 Å². The van der Waals surface area contributed by atoms with Gasteiger partial charge >= 0.3 is 0 Å². The van der Waals surface area contributed by atoms with Crippen LogP contribution in [0.5, 0.6) is 0 Å². The number of thiazole rings is 1. The topological polar surface area (TPSA) is 98.1 Å². The maximum atomic E-state index is 12.4. The molecule has 0 aromatic carbocycles. The minimum Gasteiger partial charge on any atom is -0.382 e. The number of carbonyl (C=O) groups is 1. The van der Waals surface area contributed by atoms with E-state index < -0.39 is 0 Å². The van der Waals surface area contributed by atoms with Crippen molar-refractivity contribution in [3.8, 4) is 10.7 Å². The molecule has 3 aliphatic rings. The van der Waals surface area contributed by atoms with Gasteiger partial charge in [-0.25, -0.2) is 15.0 Å². The molecular formula is C28H38N8OS. The lowest BCUT2D eigenvalue weighted by molar-refractivity contribution is -0.124. The maximum Gasteiger partial charge on any atom is 0.227 e. The first-order chi connectivity index (χ1) is 18.6. The van der Waals surface area contributed by atoms with Gasteiger partial charge in [-0.2, -0.15) is 0 Å². The van der Waals surface area contributed by atoms with Crippen LogP contribution in [0.2, 0.25) is 0 Å². The first-order valence-electron chi connectivity index (χ1n) is 13.7. The normalized spacial score (nSPS) is 22.6. The van der Waals surface area contributed by atoms with E-state index in [9.17, 15) is 4.79 Å². The molecule has 9 nitrogen and oxygen atoms in total. The van der Waals surface area contributed by atoms with Crippen LogP contribution in [0.3, 0.4) is 0 Å². The molecule has 2 N–H and O–H groups in total. The largest absolute Gasteiger partial charge is 0.382 e. The summed E-state index contributed by atoms with van der Waals surface area (Å²) in [6.07, 6.45) is 8.67. The summed E-state index contributed by atoms with van der Waals surface area (Å²) in [7, 11) is 0. The van der Waals surface area contributed by atoms with Crippen LogP contribution in [-0.4, -0.2) is 84.5 Å². The molecule has 0 bridgehead atoms. The molecule has 38 heavy (non-hydrogen) atoms. The van der Waals surface area contributed by atoms with Gasteiger partial charge in [0, 0.05) is 50.2 Å². The number of nitrogens with zero attached hydrogens (tertiary/aromatic N) is 6. The minimum atomic E-state index is -0.193. The number of pyridine rings is 1. The molecule has 3 aliphatic heterocycles. The van der Waals surface area contributed by atoms with Crippen molar-refractivity contribution in [1.29, 1.82) is 0 Å². The summed E-state index contributed by atoms with van der Waals surface area (Å²) in [5.41, 5.74) is 4.29. The number of carbonyl (C=O) groups excluding carboxylic acids is 1. The van der Waals surface area contributed by atoms with Gasteiger partial charge in [0.15, 0.2) is 0 Å². The summed E-state index contributed by atoms with van der Waals surface area (Å²) in [5.74, 6) is 1.08. The molecular weight excluding hydrogens is 496 g/mol. The van der Waals surface area contributed by atoms with Crippen molar-refractivity contribution in [2.75, 3.05) is 51.1 Å².